The summed E-state index contributed by atoms with van der Waals surface area (Å²) in [6.45, 7) is 5.08. The second-order valence-electron chi connectivity index (χ2n) is 7.97. The number of rotatable bonds is 3. The molecule has 3 fully saturated rings. The smallest absolute Gasteiger partial charge is 0.322 e. The quantitative estimate of drug-likeness (QED) is 0.896. The molecule has 2 amide bonds. The molecule has 1 saturated heterocycles. The number of likely N-dealkylation sites (tertiary alicyclic amines) is 1. The van der Waals surface area contributed by atoms with Crippen LogP contribution in [0.25, 0.3) is 0 Å². The predicted molar refractivity (Wildman–Crippen MR) is 95.2 cm³/mol. The summed E-state index contributed by atoms with van der Waals surface area (Å²) in [5, 5.41) is 13.5. The number of amides is 2. The van der Waals surface area contributed by atoms with Crippen LogP contribution in [0.5, 0.6) is 0 Å². The molecule has 2 saturated carbocycles. The van der Waals surface area contributed by atoms with Crippen LogP contribution in [0.1, 0.15) is 26.7 Å². The molecule has 0 spiro atoms. The number of benzene rings is 1. The number of fused-ring (bicyclic) bond motifs is 1. The minimum Gasteiger partial charge on any atom is -0.391 e. The number of carbonyl (C=O) groups is 1. The average Bonchev–Trinajstić information content (AvgIpc) is 3.16. The van der Waals surface area contributed by atoms with Crippen molar-refractivity contribution in [2.24, 2.45) is 17.8 Å². The van der Waals surface area contributed by atoms with Gasteiger partial charge in [-0.3, -0.25) is 0 Å². The molecule has 3 aliphatic rings. The summed E-state index contributed by atoms with van der Waals surface area (Å²) >= 11 is 0. The molecule has 5 nitrogen and oxygen atoms in total. The zero-order valence-corrected chi connectivity index (χ0v) is 14.6. The molecule has 4 rings (SSSR count). The zero-order valence-electron chi connectivity index (χ0n) is 14.6. The van der Waals surface area contributed by atoms with Crippen molar-refractivity contribution in [2.75, 3.05) is 23.8 Å². The van der Waals surface area contributed by atoms with E-state index in [0.717, 1.165) is 30.8 Å². The van der Waals surface area contributed by atoms with Crippen molar-refractivity contribution in [3.63, 3.8) is 0 Å². The lowest BCUT2D eigenvalue weighted by Gasteiger charge is -2.29. The Hall–Kier alpha value is -1.75. The normalized spacial score (nSPS) is 33.4. The van der Waals surface area contributed by atoms with Crippen LogP contribution in [-0.2, 0) is 0 Å². The number of aliphatic hydroxyl groups excluding tert-OH is 1. The van der Waals surface area contributed by atoms with Gasteiger partial charge in [-0.15, -0.1) is 0 Å². The van der Waals surface area contributed by atoms with Gasteiger partial charge in [0.05, 0.1) is 12.1 Å². The van der Waals surface area contributed by atoms with Crippen LogP contribution >= 0.6 is 0 Å². The highest BCUT2D eigenvalue weighted by molar-refractivity contribution is 5.90. The van der Waals surface area contributed by atoms with E-state index in [-0.39, 0.29) is 18.2 Å². The first-order valence-corrected chi connectivity index (χ1v) is 9.04. The topological polar surface area (TPSA) is 55.8 Å². The number of hydrogen-bond donors (Lipinski definition) is 2. The molecule has 130 valence electrons. The van der Waals surface area contributed by atoms with Crippen molar-refractivity contribution >= 4 is 17.4 Å². The van der Waals surface area contributed by atoms with Crippen LogP contribution in [0.2, 0.25) is 0 Å². The molecule has 1 aromatic carbocycles. The lowest BCUT2D eigenvalue weighted by atomic mass is 9.88. The van der Waals surface area contributed by atoms with Crippen molar-refractivity contribution in [2.45, 2.75) is 44.9 Å². The number of nitrogens with one attached hydrogen (secondary N) is 1. The minimum atomic E-state index is -0.335. The van der Waals surface area contributed by atoms with Crippen molar-refractivity contribution < 1.29 is 9.90 Å². The summed E-state index contributed by atoms with van der Waals surface area (Å²) in [5.41, 5.74) is 1.90. The predicted octanol–water partition coefficient (Wildman–Crippen LogP) is 2.76. The summed E-state index contributed by atoms with van der Waals surface area (Å²) in [4.78, 5) is 16.8. The molecule has 24 heavy (non-hydrogen) atoms. The Balaban J connectivity index is 1.48. The van der Waals surface area contributed by atoms with E-state index in [1.807, 2.05) is 23.1 Å². The maximum absolute atomic E-state index is 12.8. The first kappa shape index (κ1) is 15.8. The SMILES string of the molecule is CC(C)N(C)c1cccc(NC(=O)N2C[C@@H]3C[C@H]4C[C@H]3[C@H]2[C@H]4O)c1. The van der Waals surface area contributed by atoms with Crippen molar-refractivity contribution in [1.29, 1.82) is 0 Å². The Bertz CT molecular complexity index is 645. The lowest BCUT2D eigenvalue weighted by Crippen LogP contribution is -2.45. The highest BCUT2D eigenvalue weighted by Crippen LogP contribution is 2.54. The molecule has 0 unspecified atom stereocenters. The van der Waals surface area contributed by atoms with E-state index in [1.54, 1.807) is 0 Å². The van der Waals surface area contributed by atoms with Crippen LogP contribution in [-0.4, -0.2) is 47.8 Å². The van der Waals surface area contributed by atoms with Gasteiger partial charge in [-0.05, 0) is 62.6 Å². The minimum absolute atomic E-state index is 0.0234. The van der Waals surface area contributed by atoms with Crippen LogP contribution in [0, 0.1) is 17.8 Å². The third kappa shape index (κ3) is 2.37. The number of aliphatic hydroxyl groups is 1. The van der Waals surface area contributed by atoms with Gasteiger partial charge in [-0.1, -0.05) is 6.07 Å². The Morgan fingerprint density at radius 2 is 2.12 bits per heavy atom. The third-order valence-corrected chi connectivity index (χ3v) is 6.39. The van der Waals surface area contributed by atoms with Gasteiger partial charge in [-0.2, -0.15) is 0 Å². The lowest BCUT2D eigenvalue weighted by molar-refractivity contribution is 0.0631. The van der Waals surface area contributed by atoms with E-state index in [2.05, 4.69) is 37.2 Å². The Morgan fingerprint density at radius 3 is 2.83 bits per heavy atom. The first-order chi connectivity index (χ1) is 11.5. The molecule has 2 aliphatic carbocycles. The molecule has 5 heteroatoms. The standard InChI is InChI=1S/C19H27N3O2/c1-11(2)21(3)15-6-4-5-14(9-15)20-19(24)22-10-13-7-12-8-16(13)17(22)18(12)23/h4-6,9,11-13,16-18,23H,7-8,10H2,1-3H3,(H,20,24)/t12-,13-,16+,17-,18-/m0/s1. The van der Waals surface area contributed by atoms with Gasteiger partial charge >= 0.3 is 6.03 Å². The van der Waals surface area contributed by atoms with Crippen LogP contribution in [0.4, 0.5) is 16.2 Å². The summed E-state index contributed by atoms with van der Waals surface area (Å²) in [6, 6.07) is 8.31. The number of anilines is 2. The molecule has 1 heterocycles. The van der Waals surface area contributed by atoms with Crippen molar-refractivity contribution in [3.05, 3.63) is 24.3 Å². The summed E-state index contributed by atoms with van der Waals surface area (Å²) in [5.74, 6) is 1.51. The van der Waals surface area contributed by atoms with Gasteiger partial charge in [0.2, 0.25) is 0 Å². The van der Waals surface area contributed by atoms with Crippen LogP contribution in [0.3, 0.4) is 0 Å². The first-order valence-electron chi connectivity index (χ1n) is 9.04. The monoisotopic (exact) mass is 329 g/mol. The molecule has 0 aromatic heterocycles. The van der Waals surface area contributed by atoms with Gasteiger partial charge < -0.3 is 20.2 Å². The molecule has 2 N–H and O–H groups in total. The van der Waals surface area contributed by atoms with Gasteiger partial charge in [0, 0.05) is 31.0 Å². The van der Waals surface area contributed by atoms with Gasteiger partial charge in [0.25, 0.3) is 0 Å². The Labute approximate surface area is 143 Å². The summed E-state index contributed by atoms with van der Waals surface area (Å²) in [7, 11) is 2.05. The van der Waals surface area contributed by atoms with E-state index < -0.39 is 0 Å². The average molecular weight is 329 g/mol. The highest BCUT2D eigenvalue weighted by Gasteiger charge is 2.59. The van der Waals surface area contributed by atoms with Crippen molar-refractivity contribution in [1.82, 2.24) is 4.90 Å². The molecule has 2 bridgehead atoms. The summed E-state index contributed by atoms with van der Waals surface area (Å²) < 4.78 is 0. The molecule has 5 atom stereocenters. The maximum atomic E-state index is 12.8. The van der Waals surface area contributed by atoms with Crippen molar-refractivity contribution in [3.8, 4) is 0 Å². The van der Waals surface area contributed by atoms with E-state index in [4.69, 9.17) is 0 Å². The molecule has 1 aliphatic heterocycles. The Morgan fingerprint density at radius 1 is 1.33 bits per heavy atom. The third-order valence-electron chi connectivity index (χ3n) is 6.39. The fourth-order valence-electron chi connectivity index (χ4n) is 4.95. The highest BCUT2D eigenvalue weighted by atomic mass is 16.3. The Kier molecular flexibility index (Phi) is 3.71. The number of nitrogens with zero attached hydrogens (tertiary/aromatic N) is 2. The van der Waals surface area contributed by atoms with Gasteiger partial charge in [-0.25, -0.2) is 4.79 Å². The summed E-state index contributed by atoms with van der Waals surface area (Å²) in [6.07, 6.45) is 1.84. The van der Waals surface area contributed by atoms with E-state index in [9.17, 15) is 9.90 Å². The van der Waals surface area contributed by atoms with E-state index in [0.29, 0.717) is 23.8 Å². The number of urea groups is 1. The molecular formula is C19H27N3O2. The van der Waals surface area contributed by atoms with E-state index in [1.165, 1.54) is 0 Å². The second-order valence-corrected chi connectivity index (χ2v) is 7.97. The van der Waals surface area contributed by atoms with Crippen LogP contribution in [0.15, 0.2) is 24.3 Å². The second kappa shape index (κ2) is 5.66. The van der Waals surface area contributed by atoms with Gasteiger partial charge in [0.15, 0.2) is 0 Å². The largest absolute Gasteiger partial charge is 0.391 e. The fraction of sp³-hybridized carbons (Fsp3) is 0.632. The molecule has 1 aromatic rings. The zero-order chi connectivity index (χ0) is 17.0. The fourth-order valence-corrected chi connectivity index (χ4v) is 4.95. The van der Waals surface area contributed by atoms with Gasteiger partial charge in [0.1, 0.15) is 0 Å². The molecular weight excluding hydrogens is 302 g/mol. The van der Waals surface area contributed by atoms with E-state index >= 15 is 0 Å². The maximum Gasteiger partial charge on any atom is 0.322 e. The molecule has 0 radical (unpaired) electrons. The number of carbonyl (C=O) groups excluding carboxylic acids is 1. The number of hydrogen-bond acceptors (Lipinski definition) is 3. The van der Waals surface area contributed by atoms with Crippen LogP contribution < -0.4 is 10.2 Å².